The maximum atomic E-state index is 12.9. The zero-order chi connectivity index (χ0) is 26.6. The van der Waals surface area contributed by atoms with Crippen LogP contribution in [0.25, 0.3) is 0 Å². The molecule has 10 heteroatoms. The quantitative estimate of drug-likeness (QED) is 0.402. The molecule has 3 saturated carbocycles. The minimum atomic E-state index is -1.11. The van der Waals surface area contributed by atoms with Gasteiger partial charge < -0.3 is 19.7 Å². The van der Waals surface area contributed by atoms with Crippen molar-refractivity contribution in [3.05, 3.63) is 0 Å². The lowest BCUT2D eigenvalue weighted by atomic mass is 9.74. The number of esters is 4. The van der Waals surface area contributed by atoms with E-state index in [1.54, 1.807) is 0 Å². The molecule has 0 aromatic rings. The molecule has 8 unspecified atom stereocenters. The zero-order valence-electron chi connectivity index (χ0n) is 20.9. The zero-order valence-corrected chi connectivity index (χ0v) is 20.9. The van der Waals surface area contributed by atoms with E-state index in [4.69, 9.17) is 9.47 Å². The van der Waals surface area contributed by atoms with Crippen molar-refractivity contribution in [2.24, 2.45) is 47.3 Å². The van der Waals surface area contributed by atoms with E-state index in [9.17, 15) is 39.0 Å². The first-order valence-corrected chi connectivity index (χ1v) is 13.0. The van der Waals surface area contributed by atoms with Gasteiger partial charge in [-0.15, -0.1) is 0 Å². The third kappa shape index (κ3) is 6.50. The number of carbonyl (C=O) groups is 6. The van der Waals surface area contributed by atoms with E-state index in [-0.39, 0.29) is 24.7 Å². The molecule has 0 aromatic carbocycles. The predicted molar refractivity (Wildman–Crippen MR) is 123 cm³/mol. The van der Waals surface area contributed by atoms with Crippen molar-refractivity contribution < 1.29 is 48.5 Å². The van der Waals surface area contributed by atoms with Gasteiger partial charge in [-0.2, -0.15) is 0 Å². The summed E-state index contributed by atoms with van der Waals surface area (Å²) < 4.78 is 10.2. The second kappa shape index (κ2) is 12.0. The van der Waals surface area contributed by atoms with E-state index in [0.29, 0.717) is 51.4 Å². The minimum Gasteiger partial charge on any atom is -0.481 e. The highest BCUT2D eigenvalue weighted by Gasteiger charge is 2.45. The summed E-state index contributed by atoms with van der Waals surface area (Å²) in [7, 11) is 0. The Labute approximate surface area is 210 Å². The number of hydrogen-bond donors (Lipinski definition) is 2. The SMILES string of the molecule is CC1CCC(C(=O)OC(=O)C2CCCCC2C(=O)OC(=O)C2CCC(C)CC2C(=O)O)C(C(=O)O)C1. The first-order valence-electron chi connectivity index (χ1n) is 13.0. The molecule has 8 atom stereocenters. The van der Waals surface area contributed by atoms with Crippen LogP contribution in [0.5, 0.6) is 0 Å². The lowest BCUT2D eigenvalue weighted by Gasteiger charge is -2.32. The molecule has 0 heterocycles. The monoisotopic (exact) mass is 508 g/mol. The number of carboxylic acid groups (broad SMARTS) is 2. The average Bonchev–Trinajstić information content (AvgIpc) is 2.83. The Balaban J connectivity index is 1.64. The van der Waals surface area contributed by atoms with Crippen molar-refractivity contribution in [3.8, 4) is 0 Å². The molecule has 0 saturated heterocycles. The number of carboxylic acids is 2. The molecule has 0 spiro atoms. The fraction of sp³-hybridized carbons (Fsp3) is 0.769. The van der Waals surface area contributed by atoms with Gasteiger partial charge in [0.05, 0.1) is 35.5 Å². The molecule has 3 aliphatic carbocycles. The van der Waals surface area contributed by atoms with Gasteiger partial charge in [0.1, 0.15) is 0 Å². The Kier molecular flexibility index (Phi) is 9.24. The van der Waals surface area contributed by atoms with Crippen molar-refractivity contribution in [1.29, 1.82) is 0 Å². The van der Waals surface area contributed by atoms with E-state index in [1.807, 2.05) is 13.8 Å². The van der Waals surface area contributed by atoms with Gasteiger partial charge in [-0.1, -0.05) is 26.7 Å². The Bertz CT molecular complexity index is 823. The first-order chi connectivity index (χ1) is 17.0. The Hall–Kier alpha value is -2.78. The third-order valence-corrected chi connectivity index (χ3v) is 8.24. The van der Waals surface area contributed by atoms with Crippen molar-refractivity contribution >= 4 is 35.8 Å². The van der Waals surface area contributed by atoms with E-state index < -0.39 is 71.3 Å². The average molecular weight is 509 g/mol. The first kappa shape index (κ1) is 27.8. The smallest absolute Gasteiger partial charge is 0.317 e. The van der Waals surface area contributed by atoms with Crippen molar-refractivity contribution in [3.63, 3.8) is 0 Å². The molecule has 3 rings (SSSR count). The van der Waals surface area contributed by atoms with Gasteiger partial charge in [0, 0.05) is 0 Å². The molecule has 200 valence electrons. The van der Waals surface area contributed by atoms with Crippen LogP contribution in [0.2, 0.25) is 0 Å². The minimum absolute atomic E-state index is 0.147. The van der Waals surface area contributed by atoms with Crippen LogP contribution < -0.4 is 0 Å². The topological polar surface area (TPSA) is 161 Å². The summed E-state index contributed by atoms with van der Waals surface area (Å²) in [5, 5.41) is 19.0. The third-order valence-electron chi connectivity index (χ3n) is 8.24. The highest BCUT2D eigenvalue weighted by molar-refractivity contribution is 5.95. The van der Waals surface area contributed by atoms with Gasteiger partial charge in [-0.05, 0) is 63.2 Å². The summed E-state index contributed by atoms with van der Waals surface area (Å²) in [6, 6.07) is 0. The summed E-state index contributed by atoms with van der Waals surface area (Å²) in [6.07, 6.45) is 4.32. The lowest BCUT2D eigenvalue weighted by molar-refractivity contribution is -0.179. The number of carbonyl (C=O) groups excluding carboxylic acids is 4. The van der Waals surface area contributed by atoms with Crippen LogP contribution in [0.15, 0.2) is 0 Å². The van der Waals surface area contributed by atoms with Gasteiger partial charge in [-0.25, -0.2) is 0 Å². The molecule has 36 heavy (non-hydrogen) atoms. The van der Waals surface area contributed by atoms with Crippen LogP contribution >= 0.6 is 0 Å². The van der Waals surface area contributed by atoms with Crippen LogP contribution in [0.1, 0.15) is 78.1 Å². The van der Waals surface area contributed by atoms with Crippen LogP contribution in [0.4, 0.5) is 0 Å². The molecular weight excluding hydrogens is 472 g/mol. The van der Waals surface area contributed by atoms with E-state index in [2.05, 4.69) is 0 Å². The normalized spacial score (nSPS) is 34.7. The van der Waals surface area contributed by atoms with E-state index in [1.165, 1.54) is 0 Å². The number of aliphatic carboxylic acids is 2. The number of hydrogen-bond acceptors (Lipinski definition) is 8. The fourth-order valence-electron chi connectivity index (χ4n) is 6.07. The van der Waals surface area contributed by atoms with Crippen LogP contribution in [0, 0.1) is 47.3 Å². The van der Waals surface area contributed by atoms with Crippen molar-refractivity contribution in [2.75, 3.05) is 0 Å². The molecule has 3 fully saturated rings. The van der Waals surface area contributed by atoms with Crippen molar-refractivity contribution in [2.45, 2.75) is 78.1 Å². The van der Waals surface area contributed by atoms with Gasteiger partial charge in [0.2, 0.25) is 0 Å². The Morgan fingerprint density at radius 2 is 0.806 bits per heavy atom. The molecule has 0 amide bonds. The standard InChI is InChI=1S/C26H36O10/c1-13-7-9-17(19(11-13)21(27)28)25(33)35-23(31)15-5-3-4-6-16(15)24(32)36-26(34)18-10-8-14(2)12-20(18)22(29)30/h13-20H,3-12H2,1-2H3,(H,27,28)(H,29,30). The molecule has 0 radical (unpaired) electrons. The van der Waals surface area contributed by atoms with Gasteiger partial charge in [-0.3, -0.25) is 28.8 Å². The summed E-state index contributed by atoms with van der Waals surface area (Å²) in [6.45, 7) is 3.82. The van der Waals surface area contributed by atoms with Crippen molar-refractivity contribution in [1.82, 2.24) is 0 Å². The maximum absolute atomic E-state index is 12.9. The fourth-order valence-corrected chi connectivity index (χ4v) is 6.07. The second-order valence-corrected chi connectivity index (χ2v) is 10.9. The highest BCUT2D eigenvalue weighted by Crippen LogP contribution is 2.38. The highest BCUT2D eigenvalue weighted by atomic mass is 16.6. The Morgan fingerprint density at radius 3 is 1.11 bits per heavy atom. The summed E-state index contributed by atoms with van der Waals surface area (Å²) in [4.78, 5) is 74.6. The molecule has 10 nitrogen and oxygen atoms in total. The van der Waals surface area contributed by atoms with E-state index >= 15 is 0 Å². The van der Waals surface area contributed by atoms with Crippen LogP contribution in [0.3, 0.4) is 0 Å². The maximum Gasteiger partial charge on any atom is 0.317 e. The molecule has 3 aliphatic rings. The number of ether oxygens (including phenoxy) is 2. The van der Waals surface area contributed by atoms with Gasteiger partial charge >= 0.3 is 35.8 Å². The van der Waals surface area contributed by atoms with Crippen LogP contribution in [-0.4, -0.2) is 46.0 Å². The Morgan fingerprint density at radius 1 is 0.500 bits per heavy atom. The summed E-state index contributed by atoms with van der Waals surface area (Å²) >= 11 is 0. The van der Waals surface area contributed by atoms with Gasteiger partial charge in [0.15, 0.2) is 0 Å². The molecule has 0 aliphatic heterocycles. The predicted octanol–water partition coefficient (Wildman–Crippen LogP) is 3.21. The number of rotatable bonds is 6. The molecular formula is C26H36O10. The molecule has 0 bridgehead atoms. The summed E-state index contributed by atoms with van der Waals surface area (Å²) in [5.41, 5.74) is 0. The second-order valence-electron chi connectivity index (χ2n) is 10.9. The largest absolute Gasteiger partial charge is 0.481 e. The van der Waals surface area contributed by atoms with Gasteiger partial charge in [0.25, 0.3) is 0 Å². The molecule has 2 N–H and O–H groups in total. The van der Waals surface area contributed by atoms with Crippen LogP contribution in [-0.2, 0) is 38.2 Å². The molecule has 0 aromatic heterocycles. The lowest BCUT2D eigenvalue weighted by Crippen LogP contribution is -2.41. The summed E-state index contributed by atoms with van der Waals surface area (Å²) in [5.74, 6) is -11.2. The van der Waals surface area contributed by atoms with E-state index in [0.717, 1.165) is 0 Å².